The average molecular weight is 392 g/mol. The van der Waals surface area contributed by atoms with Crippen LogP contribution in [-0.4, -0.2) is 33.9 Å². The largest absolute Gasteiger partial charge is 0.486 e. The van der Waals surface area contributed by atoms with E-state index >= 15 is 0 Å². The smallest absolute Gasteiger partial charge is 0.257 e. The van der Waals surface area contributed by atoms with Gasteiger partial charge in [0.15, 0.2) is 16.6 Å². The van der Waals surface area contributed by atoms with E-state index in [2.05, 4.69) is 15.4 Å². The molecule has 0 radical (unpaired) electrons. The molecule has 0 saturated heterocycles. The fourth-order valence-electron chi connectivity index (χ4n) is 3.03. The third-order valence-electron chi connectivity index (χ3n) is 4.39. The molecule has 0 aliphatic carbocycles. The summed E-state index contributed by atoms with van der Waals surface area (Å²) in [5.74, 6) is 1.21. The topological polar surface area (TPSA) is 78.3 Å². The summed E-state index contributed by atoms with van der Waals surface area (Å²) in [5, 5.41) is 7.60. The number of rotatable bonds is 4. The maximum atomic E-state index is 12.6. The van der Waals surface area contributed by atoms with Gasteiger partial charge >= 0.3 is 0 Å². The van der Waals surface area contributed by atoms with Gasteiger partial charge in [0.2, 0.25) is 0 Å². The van der Waals surface area contributed by atoms with E-state index in [1.54, 1.807) is 6.20 Å². The van der Waals surface area contributed by atoms with Crippen LogP contribution >= 0.6 is 11.3 Å². The van der Waals surface area contributed by atoms with Crippen LogP contribution in [0.5, 0.6) is 11.5 Å². The number of thiazole rings is 1. The predicted octanol–water partition coefficient (Wildman–Crippen LogP) is 3.56. The summed E-state index contributed by atoms with van der Waals surface area (Å²) >= 11 is 1.41. The van der Waals surface area contributed by atoms with Crippen LogP contribution in [-0.2, 0) is 6.54 Å². The minimum absolute atomic E-state index is 0.193. The van der Waals surface area contributed by atoms with Crippen molar-refractivity contribution in [2.24, 2.45) is 0 Å². The maximum absolute atomic E-state index is 12.6. The molecule has 4 aromatic rings. The third kappa shape index (κ3) is 3.29. The van der Waals surface area contributed by atoms with Gasteiger partial charge in [-0.2, -0.15) is 5.10 Å². The van der Waals surface area contributed by atoms with Crippen molar-refractivity contribution in [1.82, 2.24) is 14.8 Å². The Morgan fingerprint density at radius 3 is 2.68 bits per heavy atom. The summed E-state index contributed by atoms with van der Waals surface area (Å²) in [6, 6.07) is 13.1. The third-order valence-corrected chi connectivity index (χ3v) is 5.33. The van der Waals surface area contributed by atoms with Crippen LogP contribution in [0.25, 0.3) is 10.2 Å². The summed E-state index contributed by atoms with van der Waals surface area (Å²) in [7, 11) is 0. The highest BCUT2D eigenvalue weighted by Crippen LogP contribution is 2.37. The van der Waals surface area contributed by atoms with E-state index in [1.807, 2.05) is 53.3 Å². The molecular formula is C20H16N4O3S. The van der Waals surface area contributed by atoms with Gasteiger partial charge in [0.1, 0.15) is 13.2 Å². The van der Waals surface area contributed by atoms with Crippen molar-refractivity contribution in [3.8, 4) is 11.5 Å². The van der Waals surface area contributed by atoms with Crippen molar-refractivity contribution < 1.29 is 14.3 Å². The lowest BCUT2D eigenvalue weighted by molar-refractivity contribution is 0.102. The zero-order valence-corrected chi connectivity index (χ0v) is 15.6. The molecule has 0 spiro atoms. The van der Waals surface area contributed by atoms with Gasteiger partial charge in [0.25, 0.3) is 5.91 Å². The van der Waals surface area contributed by atoms with Gasteiger partial charge in [-0.05, 0) is 23.8 Å². The van der Waals surface area contributed by atoms with Crippen LogP contribution in [0.3, 0.4) is 0 Å². The first-order valence-corrected chi connectivity index (χ1v) is 9.64. The number of hydrogen-bond acceptors (Lipinski definition) is 6. The van der Waals surface area contributed by atoms with E-state index in [0.717, 1.165) is 15.8 Å². The quantitative estimate of drug-likeness (QED) is 0.575. The molecule has 2 aromatic carbocycles. The Labute approximate surface area is 164 Å². The number of anilines is 1. The van der Waals surface area contributed by atoms with E-state index in [4.69, 9.17) is 9.47 Å². The first-order valence-electron chi connectivity index (χ1n) is 8.82. The summed E-state index contributed by atoms with van der Waals surface area (Å²) < 4.78 is 14.0. The SMILES string of the molecule is O=C(Nc1nc2cc3c(cc2s1)OCCO3)c1ccc(Cn2cccn2)cc1. The van der Waals surface area contributed by atoms with Gasteiger partial charge in [0.05, 0.1) is 16.8 Å². The molecule has 5 rings (SSSR count). The number of carbonyl (C=O) groups excluding carboxylic acids is 1. The van der Waals surface area contributed by atoms with Crippen molar-refractivity contribution in [3.63, 3.8) is 0 Å². The second-order valence-corrected chi connectivity index (χ2v) is 7.37. The molecule has 1 aliphatic heterocycles. The van der Waals surface area contributed by atoms with Crippen molar-refractivity contribution in [2.75, 3.05) is 18.5 Å². The molecule has 0 atom stereocenters. The highest BCUT2D eigenvalue weighted by atomic mass is 32.1. The molecule has 0 unspecified atom stereocenters. The monoisotopic (exact) mass is 392 g/mol. The average Bonchev–Trinajstić information content (AvgIpc) is 3.35. The van der Waals surface area contributed by atoms with Gasteiger partial charge in [-0.15, -0.1) is 0 Å². The van der Waals surface area contributed by atoms with Crippen LogP contribution < -0.4 is 14.8 Å². The van der Waals surface area contributed by atoms with Gasteiger partial charge in [0, 0.05) is 30.1 Å². The molecule has 140 valence electrons. The number of carbonyl (C=O) groups is 1. The van der Waals surface area contributed by atoms with E-state index in [1.165, 1.54) is 11.3 Å². The first kappa shape index (κ1) is 16.8. The standard InChI is InChI=1S/C20H16N4O3S/c25-19(14-4-2-13(3-5-14)12-24-7-1-6-21-24)23-20-22-15-10-16-17(11-18(15)28-20)27-9-8-26-16/h1-7,10-11H,8-9,12H2,(H,22,23,25). The van der Waals surface area contributed by atoms with Crippen molar-refractivity contribution in [3.05, 3.63) is 66.0 Å². The molecular weight excluding hydrogens is 376 g/mol. The number of benzene rings is 2. The van der Waals surface area contributed by atoms with E-state index < -0.39 is 0 Å². The number of aromatic nitrogens is 3. The molecule has 3 heterocycles. The van der Waals surface area contributed by atoms with Gasteiger partial charge in [-0.25, -0.2) is 4.98 Å². The molecule has 8 heteroatoms. The van der Waals surface area contributed by atoms with Crippen LogP contribution in [0.2, 0.25) is 0 Å². The van der Waals surface area contributed by atoms with Crippen molar-refractivity contribution in [1.29, 1.82) is 0 Å². The molecule has 1 amide bonds. The minimum atomic E-state index is -0.193. The fourth-order valence-corrected chi connectivity index (χ4v) is 3.90. The summed E-state index contributed by atoms with van der Waals surface area (Å²) in [4.78, 5) is 17.1. The number of hydrogen-bond donors (Lipinski definition) is 1. The first-order chi connectivity index (χ1) is 13.7. The molecule has 7 nitrogen and oxygen atoms in total. The second-order valence-electron chi connectivity index (χ2n) is 6.34. The number of fused-ring (bicyclic) bond motifs is 2. The zero-order valence-electron chi connectivity index (χ0n) is 14.8. The Balaban J connectivity index is 1.32. The summed E-state index contributed by atoms with van der Waals surface area (Å²) in [6.07, 6.45) is 3.65. The van der Waals surface area contributed by atoms with Crippen LogP contribution in [0.15, 0.2) is 54.9 Å². The Kier molecular flexibility index (Phi) is 4.17. The normalized spacial score (nSPS) is 12.9. The summed E-state index contributed by atoms with van der Waals surface area (Å²) in [5.41, 5.74) is 2.43. The maximum Gasteiger partial charge on any atom is 0.257 e. The van der Waals surface area contributed by atoms with Gasteiger partial charge in [-0.3, -0.25) is 14.8 Å². The van der Waals surface area contributed by atoms with Crippen LogP contribution in [0, 0.1) is 0 Å². The lowest BCUT2D eigenvalue weighted by Gasteiger charge is -2.17. The van der Waals surface area contributed by atoms with Gasteiger partial charge < -0.3 is 9.47 Å². The number of ether oxygens (including phenoxy) is 2. The molecule has 0 saturated carbocycles. The molecule has 0 bridgehead atoms. The fraction of sp³-hybridized carbons (Fsp3) is 0.150. The Hall–Kier alpha value is -3.39. The van der Waals surface area contributed by atoms with E-state index in [-0.39, 0.29) is 5.91 Å². The molecule has 1 N–H and O–H groups in total. The van der Waals surface area contributed by atoms with Crippen molar-refractivity contribution in [2.45, 2.75) is 6.54 Å². The molecule has 28 heavy (non-hydrogen) atoms. The summed E-state index contributed by atoms with van der Waals surface area (Å²) in [6.45, 7) is 1.74. The highest BCUT2D eigenvalue weighted by molar-refractivity contribution is 7.22. The van der Waals surface area contributed by atoms with E-state index in [0.29, 0.717) is 42.0 Å². The Morgan fingerprint density at radius 1 is 1.14 bits per heavy atom. The zero-order chi connectivity index (χ0) is 18.9. The lowest BCUT2D eigenvalue weighted by atomic mass is 10.1. The highest BCUT2D eigenvalue weighted by Gasteiger charge is 2.16. The molecule has 0 fully saturated rings. The van der Waals surface area contributed by atoms with Crippen LogP contribution in [0.4, 0.5) is 5.13 Å². The number of amides is 1. The Bertz CT molecular complexity index is 1090. The lowest BCUT2D eigenvalue weighted by Crippen LogP contribution is -2.15. The predicted molar refractivity (Wildman–Crippen MR) is 106 cm³/mol. The Morgan fingerprint density at radius 2 is 1.93 bits per heavy atom. The number of nitrogens with one attached hydrogen (secondary N) is 1. The van der Waals surface area contributed by atoms with Crippen molar-refractivity contribution >= 4 is 32.6 Å². The van der Waals surface area contributed by atoms with Gasteiger partial charge in [-0.1, -0.05) is 23.5 Å². The minimum Gasteiger partial charge on any atom is -0.486 e. The number of nitrogens with zero attached hydrogens (tertiary/aromatic N) is 3. The molecule has 1 aliphatic rings. The van der Waals surface area contributed by atoms with E-state index in [9.17, 15) is 4.79 Å². The van der Waals surface area contributed by atoms with Crippen LogP contribution in [0.1, 0.15) is 15.9 Å². The molecule has 2 aromatic heterocycles. The second kappa shape index (κ2) is 6.97.